The number of nitrogens with one attached hydrogen (secondary N) is 2. The first kappa shape index (κ1) is 12.0. The Hall–Kier alpha value is -2.48. The van der Waals surface area contributed by atoms with Gasteiger partial charge in [0.2, 0.25) is 0 Å². The molecule has 92 valence electrons. The molecule has 0 aliphatic heterocycles. The van der Waals surface area contributed by atoms with Crippen LogP contribution in [0.5, 0.6) is 0 Å². The average Bonchev–Trinajstić information content (AvgIpc) is 2.87. The fourth-order valence-corrected chi connectivity index (χ4v) is 1.77. The summed E-state index contributed by atoms with van der Waals surface area (Å²) in [5, 5.41) is 12.0. The molecular weight excluding hydrogens is 226 g/mol. The minimum absolute atomic E-state index is 0.0681. The van der Waals surface area contributed by atoms with Crippen LogP contribution in [0.1, 0.15) is 24.4 Å². The van der Waals surface area contributed by atoms with Crippen molar-refractivity contribution in [3.05, 3.63) is 42.0 Å². The molecule has 1 heterocycles. The number of aromatic nitrogens is 2. The smallest absolute Gasteiger partial charge is 0.128 e. The van der Waals surface area contributed by atoms with Crippen molar-refractivity contribution in [1.82, 2.24) is 9.97 Å². The predicted molar refractivity (Wildman–Crippen MR) is 70.8 cm³/mol. The molecule has 1 aromatic carbocycles. The van der Waals surface area contributed by atoms with Crippen LogP contribution in [-0.2, 0) is 6.42 Å². The van der Waals surface area contributed by atoms with Crippen LogP contribution in [0.2, 0.25) is 0 Å². The van der Waals surface area contributed by atoms with Gasteiger partial charge in [0, 0.05) is 23.8 Å². The van der Waals surface area contributed by atoms with Gasteiger partial charge in [-0.15, -0.1) is 0 Å². The van der Waals surface area contributed by atoms with Gasteiger partial charge < -0.3 is 16.0 Å². The van der Waals surface area contributed by atoms with Gasteiger partial charge in [-0.1, -0.05) is 0 Å². The second kappa shape index (κ2) is 5.23. The van der Waals surface area contributed by atoms with Gasteiger partial charge in [-0.05, 0) is 30.7 Å². The number of anilines is 2. The molecule has 5 nitrogen and oxygen atoms in total. The number of benzene rings is 1. The maximum absolute atomic E-state index is 8.73. The Morgan fingerprint density at radius 3 is 3.06 bits per heavy atom. The Morgan fingerprint density at radius 2 is 2.39 bits per heavy atom. The van der Waals surface area contributed by atoms with Crippen molar-refractivity contribution in [3.63, 3.8) is 0 Å². The van der Waals surface area contributed by atoms with Crippen molar-refractivity contribution in [2.24, 2.45) is 0 Å². The Labute approximate surface area is 106 Å². The molecule has 0 radical (unpaired) electrons. The van der Waals surface area contributed by atoms with E-state index in [1.54, 1.807) is 12.4 Å². The molecule has 0 spiro atoms. The summed E-state index contributed by atoms with van der Waals surface area (Å²) >= 11 is 0. The Bertz CT molecular complexity index is 553. The van der Waals surface area contributed by atoms with Crippen molar-refractivity contribution in [2.75, 3.05) is 11.1 Å². The molecule has 2 aromatic rings. The number of imidazole rings is 1. The quantitative estimate of drug-likeness (QED) is 0.716. The first-order valence-electron chi connectivity index (χ1n) is 5.72. The number of aromatic amines is 1. The lowest BCUT2D eigenvalue weighted by atomic mass is 10.1. The van der Waals surface area contributed by atoms with E-state index in [4.69, 9.17) is 11.0 Å². The summed E-state index contributed by atoms with van der Waals surface area (Å²) in [6, 6.07) is 7.78. The molecule has 0 bridgehead atoms. The SMILES string of the molecule is CC(Nc1ccc(N)c(CC#N)c1)c1ncc[nH]1. The summed E-state index contributed by atoms with van der Waals surface area (Å²) in [5.74, 6) is 0.869. The van der Waals surface area contributed by atoms with Gasteiger partial charge in [-0.25, -0.2) is 4.98 Å². The highest BCUT2D eigenvalue weighted by Gasteiger charge is 2.08. The molecule has 0 aliphatic carbocycles. The largest absolute Gasteiger partial charge is 0.398 e. The third kappa shape index (κ3) is 2.61. The van der Waals surface area contributed by atoms with Gasteiger partial charge >= 0.3 is 0 Å². The predicted octanol–water partition coefficient (Wildman–Crippen LogP) is 2.23. The van der Waals surface area contributed by atoms with Gasteiger partial charge in [0.25, 0.3) is 0 Å². The van der Waals surface area contributed by atoms with E-state index in [9.17, 15) is 0 Å². The van der Waals surface area contributed by atoms with Crippen molar-refractivity contribution in [2.45, 2.75) is 19.4 Å². The maximum Gasteiger partial charge on any atom is 0.128 e. The number of rotatable bonds is 4. The number of hydrogen-bond donors (Lipinski definition) is 3. The third-order valence-corrected chi connectivity index (χ3v) is 2.73. The van der Waals surface area contributed by atoms with E-state index in [-0.39, 0.29) is 6.04 Å². The highest BCUT2D eigenvalue weighted by Crippen LogP contribution is 2.21. The standard InChI is InChI=1S/C13H15N5/c1-9(13-16-6-7-17-13)18-11-2-3-12(15)10(8-11)4-5-14/h2-3,6-9,18H,4,15H2,1H3,(H,16,17). The summed E-state index contributed by atoms with van der Waals surface area (Å²) in [5.41, 5.74) is 8.22. The van der Waals surface area contributed by atoms with Crippen LogP contribution in [0.3, 0.4) is 0 Å². The molecule has 1 unspecified atom stereocenters. The van der Waals surface area contributed by atoms with Crippen molar-refractivity contribution < 1.29 is 0 Å². The van der Waals surface area contributed by atoms with Crippen LogP contribution in [0.4, 0.5) is 11.4 Å². The third-order valence-electron chi connectivity index (χ3n) is 2.73. The summed E-state index contributed by atoms with van der Waals surface area (Å²) in [4.78, 5) is 7.25. The Kier molecular flexibility index (Phi) is 3.49. The second-order valence-corrected chi connectivity index (χ2v) is 4.09. The summed E-state index contributed by atoms with van der Waals surface area (Å²) in [6.07, 6.45) is 3.83. The van der Waals surface area contributed by atoms with Crippen molar-refractivity contribution in [1.29, 1.82) is 5.26 Å². The molecule has 0 fully saturated rings. The molecule has 18 heavy (non-hydrogen) atoms. The van der Waals surface area contributed by atoms with Crippen LogP contribution in [-0.4, -0.2) is 9.97 Å². The van der Waals surface area contributed by atoms with Crippen LogP contribution in [0, 0.1) is 11.3 Å². The molecule has 4 N–H and O–H groups in total. The van der Waals surface area contributed by atoms with Crippen LogP contribution >= 0.6 is 0 Å². The molecule has 5 heteroatoms. The van der Waals surface area contributed by atoms with E-state index >= 15 is 0 Å². The molecule has 2 rings (SSSR count). The summed E-state index contributed by atoms with van der Waals surface area (Å²) in [7, 11) is 0. The van der Waals surface area contributed by atoms with Gasteiger partial charge in [0.1, 0.15) is 5.82 Å². The molecule has 0 saturated heterocycles. The first-order chi connectivity index (χ1) is 8.70. The van der Waals surface area contributed by atoms with Crippen LogP contribution < -0.4 is 11.1 Å². The van der Waals surface area contributed by atoms with Gasteiger partial charge in [-0.2, -0.15) is 5.26 Å². The van der Waals surface area contributed by atoms with E-state index in [1.165, 1.54) is 0 Å². The highest BCUT2D eigenvalue weighted by atomic mass is 15.0. The minimum Gasteiger partial charge on any atom is -0.398 e. The van der Waals surface area contributed by atoms with E-state index in [0.717, 1.165) is 17.1 Å². The van der Waals surface area contributed by atoms with Crippen LogP contribution in [0.25, 0.3) is 0 Å². The number of hydrogen-bond acceptors (Lipinski definition) is 4. The fraction of sp³-hybridized carbons (Fsp3) is 0.231. The first-order valence-corrected chi connectivity index (χ1v) is 5.72. The molecule has 1 atom stereocenters. The summed E-state index contributed by atoms with van der Waals surface area (Å²) < 4.78 is 0. The highest BCUT2D eigenvalue weighted by molar-refractivity contribution is 5.58. The van der Waals surface area contributed by atoms with E-state index in [0.29, 0.717) is 12.1 Å². The zero-order valence-corrected chi connectivity index (χ0v) is 10.1. The second-order valence-electron chi connectivity index (χ2n) is 4.09. The van der Waals surface area contributed by atoms with Gasteiger partial charge in [0.15, 0.2) is 0 Å². The van der Waals surface area contributed by atoms with Gasteiger partial charge in [0.05, 0.1) is 18.5 Å². The van der Waals surface area contributed by atoms with E-state index in [2.05, 4.69) is 21.4 Å². The van der Waals surface area contributed by atoms with Crippen LogP contribution in [0.15, 0.2) is 30.6 Å². The zero-order chi connectivity index (χ0) is 13.0. The summed E-state index contributed by atoms with van der Waals surface area (Å²) in [6.45, 7) is 2.01. The number of nitrogens with two attached hydrogens (primary N) is 1. The molecular formula is C13H15N5. The lowest BCUT2D eigenvalue weighted by molar-refractivity contribution is 0.810. The lowest BCUT2D eigenvalue weighted by Crippen LogP contribution is -2.08. The molecule has 0 saturated carbocycles. The molecule has 0 amide bonds. The number of nitrogen functional groups attached to an aromatic ring is 1. The molecule has 1 aromatic heterocycles. The van der Waals surface area contributed by atoms with E-state index < -0.39 is 0 Å². The topological polar surface area (TPSA) is 90.5 Å². The lowest BCUT2D eigenvalue weighted by Gasteiger charge is -2.14. The number of nitrogens with zero attached hydrogens (tertiary/aromatic N) is 2. The molecule has 0 aliphatic rings. The number of nitriles is 1. The monoisotopic (exact) mass is 241 g/mol. The zero-order valence-electron chi connectivity index (χ0n) is 10.1. The van der Waals surface area contributed by atoms with Crippen molar-refractivity contribution >= 4 is 11.4 Å². The van der Waals surface area contributed by atoms with Crippen molar-refractivity contribution in [3.8, 4) is 6.07 Å². The Morgan fingerprint density at radius 1 is 1.56 bits per heavy atom. The Balaban J connectivity index is 2.15. The van der Waals surface area contributed by atoms with Gasteiger partial charge in [-0.3, -0.25) is 0 Å². The average molecular weight is 241 g/mol. The van der Waals surface area contributed by atoms with E-state index in [1.807, 2.05) is 25.1 Å². The normalized spacial score (nSPS) is 11.8. The maximum atomic E-state index is 8.73. The minimum atomic E-state index is 0.0681. The number of H-pyrrole nitrogens is 1. The fourth-order valence-electron chi connectivity index (χ4n) is 1.77.